The van der Waals surface area contributed by atoms with Crippen molar-refractivity contribution in [2.24, 2.45) is 7.05 Å². The first kappa shape index (κ1) is 10.4. The summed E-state index contributed by atoms with van der Waals surface area (Å²) in [5.41, 5.74) is -0.113. The Labute approximate surface area is 78.2 Å². The summed E-state index contributed by atoms with van der Waals surface area (Å²) in [6.07, 6.45) is -1.80. The molecule has 0 aliphatic heterocycles. The monoisotopic (exact) mass is 202 g/mol. The van der Waals surface area contributed by atoms with Crippen LogP contribution >= 0.6 is 0 Å². The minimum atomic E-state index is -3.06. The van der Waals surface area contributed by atoms with Crippen LogP contribution in [-0.2, 0) is 11.8 Å². The van der Waals surface area contributed by atoms with Gasteiger partial charge >= 0.3 is 6.43 Å². The van der Waals surface area contributed by atoms with Crippen LogP contribution in [0.4, 0.5) is 14.5 Å². The summed E-state index contributed by atoms with van der Waals surface area (Å²) in [4.78, 5) is 21.5. The quantitative estimate of drug-likeness (QED) is 0.763. The van der Waals surface area contributed by atoms with Crippen molar-refractivity contribution in [2.45, 2.75) is 6.43 Å². The van der Waals surface area contributed by atoms with Crippen LogP contribution in [0.2, 0.25) is 0 Å². The molecule has 1 aromatic rings. The van der Waals surface area contributed by atoms with Gasteiger partial charge in [0.05, 0.1) is 5.69 Å². The molecule has 1 aromatic heterocycles. The Hall–Kier alpha value is -1.72. The van der Waals surface area contributed by atoms with Gasteiger partial charge in [-0.2, -0.15) is 8.78 Å². The standard InChI is InChI=1S/C8H8F2N2O2/c1-12-4-5(2-3-6(12)13)11-8(14)7(9)10/h2-4,7H,1H3,(H,11,14). The zero-order chi connectivity index (χ0) is 10.7. The lowest BCUT2D eigenvalue weighted by molar-refractivity contribution is -0.126. The highest BCUT2D eigenvalue weighted by Gasteiger charge is 2.14. The van der Waals surface area contributed by atoms with E-state index in [0.29, 0.717) is 0 Å². The van der Waals surface area contributed by atoms with Gasteiger partial charge in [-0.1, -0.05) is 0 Å². The van der Waals surface area contributed by atoms with Gasteiger partial charge < -0.3 is 9.88 Å². The minimum absolute atomic E-state index is 0.164. The zero-order valence-corrected chi connectivity index (χ0v) is 7.33. The Morgan fingerprint density at radius 2 is 2.14 bits per heavy atom. The molecule has 0 saturated heterocycles. The second-order valence-electron chi connectivity index (χ2n) is 2.66. The van der Waals surface area contributed by atoms with Crippen molar-refractivity contribution in [1.82, 2.24) is 4.57 Å². The third kappa shape index (κ3) is 2.38. The molecule has 76 valence electrons. The topological polar surface area (TPSA) is 51.1 Å². The second kappa shape index (κ2) is 3.99. The molecule has 1 amide bonds. The normalized spacial score (nSPS) is 10.3. The zero-order valence-electron chi connectivity index (χ0n) is 7.33. The number of alkyl halides is 2. The van der Waals surface area contributed by atoms with Gasteiger partial charge in [0.2, 0.25) is 5.56 Å². The number of nitrogens with zero attached hydrogens (tertiary/aromatic N) is 1. The Balaban J connectivity index is 2.83. The van der Waals surface area contributed by atoms with E-state index in [2.05, 4.69) is 0 Å². The van der Waals surface area contributed by atoms with Crippen LogP contribution < -0.4 is 10.9 Å². The van der Waals surface area contributed by atoms with Crippen LogP contribution in [0.15, 0.2) is 23.1 Å². The fourth-order valence-electron chi connectivity index (χ4n) is 0.865. The lowest BCUT2D eigenvalue weighted by Gasteiger charge is -2.05. The first-order valence-corrected chi connectivity index (χ1v) is 3.76. The predicted molar refractivity (Wildman–Crippen MR) is 46.3 cm³/mol. The molecule has 0 spiro atoms. The summed E-state index contributed by atoms with van der Waals surface area (Å²) in [5, 5.41) is 1.96. The van der Waals surface area contributed by atoms with Gasteiger partial charge in [-0.25, -0.2) is 0 Å². The molecule has 1 N–H and O–H groups in total. The smallest absolute Gasteiger partial charge is 0.315 e. The van der Waals surface area contributed by atoms with Crippen molar-refractivity contribution >= 4 is 11.6 Å². The number of halogens is 2. The first-order valence-electron chi connectivity index (χ1n) is 3.76. The maximum Gasteiger partial charge on any atom is 0.315 e. The fourth-order valence-corrected chi connectivity index (χ4v) is 0.865. The molecule has 0 saturated carbocycles. The maximum absolute atomic E-state index is 11.8. The Bertz CT molecular complexity index is 401. The highest BCUT2D eigenvalue weighted by atomic mass is 19.3. The third-order valence-corrected chi connectivity index (χ3v) is 1.55. The van der Waals surface area contributed by atoms with Gasteiger partial charge in [0.15, 0.2) is 0 Å². The molecule has 0 bridgehead atoms. The van der Waals surface area contributed by atoms with Crippen LogP contribution in [0.1, 0.15) is 0 Å². The number of anilines is 1. The molecule has 0 radical (unpaired) electrons. The van der Waals surface area contributed by atoms with Crippen LogP contribution in [0.3, 0.4) is 0 Å². The van der Waals surface area contributed by atoms with E-state index in [1.54, 1.807) is 0 Å². The maximum atomic E-state index is 11.8. The van der Waals surface area contributed by atoms with Gasteiger partial charge in [-0.05, 0) is 6.07 Å². The Morgan fingerprint density at radius 1 is 1.50 bits per heavy atom. The van der Waals surface area contributed by atoms with E-state index in [-0.39, 0.29) is 11.2 Å². The van der Waals surface area contributed by atoms with Crippen LogP contribution in [0.5, 0.6) is 0 Å². The first-order chi connectivity index (χ1) is 6.50. The summed E-state index contributed by atoms with van der Waals surface area (Å²) < 4.78 is 24.8. The van der Waals surface area contributed by atoms with E-state index >= 15 is 0 Å². The molecule has 1 rings (SSSR count). The number of amides is 1. The van der Waals surface area contributed by atoms with Crippen LogP contribution in [-0.4, -0.2) is 16.9 Å². The third-order valence-electron chi connectivity index (χ3n) is 1.55. The number of nitrogens with one attached hydrogen (secondary N) is 1. The molecule has 0 aliphatic rings. The summed E-state index contributed by atoms with van der Waals surface area (Å²) in [5.74, 6) is -1.39. The van der Waals surface area contributed by atoms with Crippen LogP contribution in [0.25, 0.3) is 0 Å². The number of aromatic nitrogens is 1. The fraction of sp³-hybridized carbons (Fsp3) is 0.250. The molecule has 1 heterocycles. The summed E-state index contributed by atoms with van der Waals surface area (Å²) in [6.45, 7) is 0. The highest BCUT2D eigenvalue weighted by molar-refractivity contribution is 5.92. The molecule has 6 heteroatoms. The Morgan fingerprint density at radius 3 is 2.64 bits per heavy atom. The molecule has 0 fully saturated rings. The van der Waals surface area contributed by atoms with E-state index in [9.17, 15) is 18.4 Å². The number of rotatable bonds is 2. The van der Waals surface area contributed by atoms with E-state index in [4.69, 9.17) is 0 Å². The van der Waals surface area contributed by atoms with E-state index < -0.39 is 12.3 Å². The largest absolute Gasteiger partial charge is 0.320 e. The number of aryl methyl sites for hydroxylation is 1. The van der Waals surface area contributed by atoms with Gasteiger partial charge in [0.25, 0.3) is 5.91 Å². The molecule has 0 aromatic carbocycles. The number of carbonyl (C=O) groups excluding carboxylic acids is 1. The van der Waals surface area contributed by atoms with E-state index in [1.807, 2.05) is 5.32 Å². The Kier molecular flexibility index (Phi) is 2.95. The van der Waals surface area contributed by atoms with Gasteiger partial charge in [-0.15, -0.1) is 0 Å². The number of pyridine rings is 1. The lowest BCUT2D eigenvalue weighted by Crippen LogP contribution is -2.22. The van der Waals surface area contributed by atoms with Crippen molar-refractivity contribution in [3.8, 4) is 0 Å². The van der Waals surface area contributed by atoms with Crippen molar-refractivity contribution in [2.75, 3.05) is 5.32 Å². The molecule has 14 heavy (non-hydrogen) atoms. The van der Waals surface area contributed by atoms with Gasteiger partial charge in [0, 0.05) is 19.3 Å². The molecule has 0 aliphatic carbocycles. The SMILES string of the molecule is Cn1cc(NC(=O)C(F)F)ccc1=O. The minimum Gasteiger partial charge on any atom is -0.320 e. The molecule has 4 nitrogen and oxygen atoms in total. The van der Waals surface area contributed by atoms with Crippen molar-refractivity contribution in [3.63, 3.8) is 0 Å². The second-order valence-corrected chi connectivity index (χ2v) is 2.66. The molecular formula is C8H8F2N2O2. The summed E-state index contributed by atoms with van der Waals surface area (Å²) in [7, 11) is 1.46. The lowest BCUT2D eigenvalue weighted by atomic mass is 10.4. The molecule has 0 atom stereocenters. The van der Waals surface area contributed by atoms with Crippen molar-refractivity contribution in [3.05, 3.63) is 28.7 Å². The average Bonchev–Trinajstić information content (AvgIpc) is 2.11. The van der Waals surface area contributed by atoms with Crippen molar-refractivity contribution < 1.29 is 13.6 Å². The highest BCUT2D eigenvalue weighted by Crippen LogP contribution is 2.04. The summed E-state index contributed by atoms with van der Waals surface area (Å²) in [6, 6.07) is 2.45. The van der Waals surface area contributed by atoms with Crippen LogP contribution in [0, 0.1) is 0 Å². The number of carbonyl (C=O) groups is 1. The molecular weight excluding hydrogens is 194 g/mol. The van der Waals surface area contributed by atoms with Gasteiger partial charge in [-0.3, -0.25) is 9.59 Å². The van der Waals surface area contributed by atoms with Crippen molar-refractivity contribution in [1.29, 1.82) is 0 Å². The number of hydrogen-bond acceptors (Lipinski definition) is 2. The summed E-state index contributed by atoms with van der Waals surface area (Å²) >= 11 is 0. The van der Waals surface area contributed by atoms with Gasteiger partial charge in [0.1, 0.15) is 0 Å². The number of hydrogen-bond donors (Lipinski definition) is 1. The average molecular weight is 202 g/mol. The van der Waals surface area contributed by atoms with E-state index in [0.717, 1.165) is 0 Å². The molecule has 0 unspecified atom stereocenters. The van der Waals surface area contributed by atoms with E-state index in [1.165, 1.54) is 29.9 Å². The predicted octanol–water partition coefficient (Wildman–Crippen LogP) is 0.589.